The highest BCUT2D eigenvalue weighted by molar-refractivity contribution is 8.00. The fraction of sp³-hybridized carbons (Fsp3) is 0.182. The van der Waals surface area contributed by atoms with E-state index in [2.05, 4.69) is 34.1 Å². The van der Waals surface area contributed by atoms with Gasteiger partial charge in [0.2, 0.25) is 0 Å². The van der Waals surface area contributed by atoms with Crippen LogP contribution in [-0.4, -0.2) is 32.3 Å². The van der Waals surface area contributed by atoms with Gasteiger partial charge in [-0.1, -0.05) is 41.6 Å². The third-order valence-electron chi connectivity index (χ3n) is 4.98. The number of hydrazone groups is 1. The Balaban J connectivity index is 1.39. The summed E-state index contributed by atoms with van der Waals surface area (Å²) in [6.45, 7) is 2.05. The number of rotatable bonds is 5. The van der Waals surface area contributed by atoms with Gasteiger partial charge in [-0.25, -0.2) is 15.0 Å². The maximum absolute atomic E-state index is 13.1. The number of carbonyl (C=O) groups is 1. The monoisotopic (exact) mass is 434 g/mol. The minimum absolute atomic E-state index is 0.0782. The predicted molar refractivity (Wildman–Crippen MR) is 119 cm³/mol. The summed E-state index contributed by atoms with van der Waals surface area (Å²) in [6, 6.07) is 13.7. The molecule has 0 N–H and O–H groups in total. The lowest BCUT2D eigenvalue weighted by molar-refractivity contribution is -0.130. The molecule has 1 amide bonds. The van der Waals surface area contributed by atoms with Crippen LogP contribution in [0.4, 0.5) is 0 Å². The van der Waals surface area contributed by atoms with E-state index in [4.69, 9.17) is 4.42 Å². The van der Waals surface area contributed by atoms with Gasteiger partial charge in [-0.05, 0) is 36.1 Å². The van der Waals surface area contributed by atoms with E-state index in [9.17, 15) is 4.79 Å². The number of hydrogen-bond acceptors (Lipinski definition) is 7. The summed E-state index contributed by atoms with van der Waals surface area (Å²) in [6.07, 6.45) is 3.79. The summed E-state index contributed by atoms with van der Waals surface area (Å²) in [5, 5.41) is 10.0. The van der Waals surface area contributed by atoms with E-state index in [0.717, 1.165) is 32.3 Å². The first-order valence-electron chi connectivity index (χ1n) is 9.50. The number of aromatic nitrogens is 2. The predicted octanol–water partition coefficient (Wildman–Crippen LogP) is 5.06. The number of furan rings is 1. The molecule has 6 nitrogen and oxygen atoms in total. The zero-order valence-corrected chi connectivity index (χ0v) is 17.8. The molecule has 8 heteroatoms. The van der Waals surface area contributed by atoms with Gasteiger partial charge in [0.05, 0.1) is 17.7 Å². The van der Waals surface area contributed by atoms with E-state index in [1.807, 2.05) is 35.7 Å². The highest BCUT2D eigenvalue weighted by Gasteiger charge is 2.34. The zero-order chi connectivity index (χ0) is 20.5. The molecule has 4 aromatic rings. The van der Waals surface area contributed by atoms with Crippen LogP contribution in [0.15, 0.2) is 75.0 Å². The second kappa shape index (κ2) is 8.04. The zero-order valence-electron chi connectivity index (χ0n) is 16.2. The van der Waals surface area contributed by atoms with Crippen LogP contribution in [0.3, 0.4) is 0 Å². The summed E-state index contributed by atoms with van der Waals surface area (Å²) in [5.41, 5.74) is 3.10. The van der Waals surface area contributed by atoms with Crippen molar-refractivity contribution in [2.45, 2.75) is 24.4 Å². The van der Waals surface area contributed by atoms with Gasteiger partial charge in [0.1, 0.15) is 28.0 Å². The first kappa shape index (κ1) is 19.0. The van der Waals surface area contributed by atoms with Crippen molar-refractivity contribution in [3.63, 3.8) is 0 Å². The van der Waals surface area contributed by atoms with Gasteiger partial charge in [0.15, 0.2) is 0 Å². The van der Waals surface area contributed by atoms with Crippen molar-refractivity contribution >= 4 is 44.9 Å². The summed E-state index contributed by atoms with van der Waals surface area (Å²) in [5.74, 6) is 0.899. The number of benzene rings is 1. The largest absolute Gasteiger partial charge is 0.467 e. The number of carbonyl (C=O) groups excluding carboxylic acids is 1. The third-order valence-corrected chi connectivity index (χ3v) is 6.79. The van der Waals surface area contributed by atoms with Crippen LogP contribution in [0.2, 0.25) is 0 Å². The second-order valence-corrected chi connectivity index (χ2v) is 8.85. The first-order chi connectivity index (χ1) is 14.7. The van der Waals surface area contributed by atoms with Gasteiger partial charge in [0.25, 0.3) is 5.91 Å². The van der Waals surface area contributed by atoms with Gasteiger partial charge in [-0.2, -0.15) is 5.10 Å². The van der Waals surface area contributed by atoms with Crippen molar-refractivity contribution in [1.29, 1.82) is 0 Å². The van der Waals surface area contributed by atoms with Crippen LogP contribution in [0, 0.1) is 6.92 Å². The Labute approximate surface area is 181 Å². The number of thiophene rings is 1. The van der Waals surface area contributed by atoms with Gasteiger partial charge >= 0.3 is 0 Å². The number of aryl methyl sites for hydroxylation is 1. The smallest absolute Gasteiger partial charge is 0.253 e. The fourth-order valence-corrected chi connectivity index (χ4v) is 5.07. The average Bonchev–Trinajstić information content (AvgIpc) is 3.52. The lowest BCUT2D eigenvalue weighted by atomic mass is 10.0. The van der Waals surface area contributed by atoms with Crippen LogP contribution in [0.1, 0.15) is 29.3 Å². The lowest BCUT2D eigenvalue weighted by Gasteiger charge is -2.19. The summed E-state index contributed by atoms with van der Waals surface area (Å²) in [7, 11) is 0. The molecule has 0 radical (unpaired) electrons. The Morgan fingerprint density at radius 1 is 1.23 bits per heavy atom. The number of thioether (sulfide) groups is 1. The Hall–Kier alpha value is -2.97. The standard InChI is InChI=1S/C22H18N4O2S2/c1-14-4-6-15(7-5-14)17-11-18(19-3-2-9-28-19)26(25-17)20(27)12-30-22-16-8-10-29-21(16)23-13-24-22/h2-10,13,18H,11-12H2,1H3/t18-/m1/s1. The van der Waals surface area contributed by atoms with Crippen molar-refractivity contribution in [1.82, 2.24) is 15.0 Å². The molecule has 1 aliphatic heterocycles. The van der Waals surface area contributed by atoms with Gasteiger partial charge in [-0.3, -0.25) is 4.79 Å². The Kier molecular flexibility index (Phi) is 5.10. The van der Waals surface area contributed by atoms with Gasteiger partial charge in [0, 0.05) is 11.8 Å². The second-order valence-electron chi connectivity index (χ2n) is 6.99. The van der Waals surface area contributed by atoms with Crippen molar-refractivity contribution in [2.24, 2.45) is 5.10 Å². The van der Waals surface area contributed by atoms with Crippen LogP contribution in [0.25, 0.3) is 10.2 Å². The Bertz CT molecular complexity index is 1220. The molecule has 0 unspecified atom stereocenters. The maximum atomic E-state index is 13.1. The molecule has 4 heterocycles. The molecular weight excluding hydrogens is 416 g/mol. The molecule has 3 aromatic heterocycles. The molecule has 1 aliphatic rings. The Morgan fingerprint density at radius 2 is 2.10 bits per heavy atom. The highest BCUT2D eigenvalue weighted by atomic mass is 32.2. The molecule has 0 spiro atoms. The molecule has 0 saturated heterocycles. The van der Waals surface area contributed by atoms with Gasteiger partial charge < -0.3 is 4.42 Å². The van der Waals surface area contributed by atoms with Crippen LogP contribution in [-0.2, 0) is 4.79 Å². The molecule has 0 aliphatic carbocycles. The SMILES string of the molecule is Cc1ccc(C2=NN(C(=O)CSc3ncnc4sccc34)[C@@H](c3ccco3)C2)cc1. The van der Waals surface area contributed by atoms with Crippen LogP contribution >= 0.6 is 23.1 Å². The summed E-state index contributed by atoms with van der Waals surface area (Å²) < 4.78 is 5.62. The quantitative estimate of drug-likeness (QED) is 0.324. The third kappa shape index (κ3) is 3.64. The summed E-state index contributed by atoms with van der Waals surface area (Å²) >= 11 is 2.98. The molecule has 0 fully saturated rings. The topological polar surface area (TPSA) is 71.6 Å². The van der Waals surface area contributed by atoms with Crippen molar-refractivity contribution < 1.29 is 9.21 Å². The van der Waals surface area contributed by atoms with E-state index in [1.165, 1.54) is 17.3 Å². The molecule has 150 valence electrons. The molecule has 0 saturated carbocycles. The number of nitrogens with zero attached hydrogens (tertiary/aromatic N) is 4. The van der Waals surface area contributed by atoms with E-state index >= 15 is 0 Å². The maximum Gasteiger partial charge on any atom is 0.253 e. The van der Waals surface area contributed by atoms with Gasteiger partial charge in [-0.15, -0.1) is 11.3 Å². The minimum atomic E-state index is -0.240. The van der Waals surface area contributed by atoms with Crippen LogP contribution < -0.4 is 0 Å². The van der Waals surface area contributed by atoms with Crippen molar-refractivity contribution in [3.05, 3.63) is 77.3 Å². The van der Waals surface area contributed by atoms with E-state index < -0.39 is 0 Å². The molecule has 5 rings (SSSR count). The molecule has 0 bridgehead atoms. The highest BCUT2D eigenvalue weighted by Crippen LogP contribution is 2.34. The average molecular weight is 435 g/mol. The first-order valence-corrected chi connectivity index (χ1v) is 11.4. The summed E-state index contributed by atoms with van der Waals surface area (Å²) in [4.78, 5) is 22.7. The fourth-order valence-electron chi connectivity index (χ4n) is 3.44. The van der Waals surface area contributed by atoms with E-state index in [0.29, 0.717) is 6.42 Å². The minimum Gasteiger partial charge on any atom is -0.467 e. The van der Waals surface area contributed by atoms with Crippen molar-refractivity contribution in [3.8, 4) is 0 Å². The number of amides is 1. The molecule has 1 aromatic carbocycles. The lowest BCUT2D eigenvalue weighted by Crippen LogP contribution is -2.28. The van der Waals surface area contributed by atoms with Crippen molar-refractivity contribution in [2.75, 3.05) is 5.75 Å². The molecular formula is C22H18N4O2S2. The van der Waals surface area contributed by atoms with Crippen LogP contribution in [0.5, 0.6) is 0 Å². The number of hydrogen-bond donors (Lipinski definition) is 0. The Morgan fingerprint density at radius 3 is 2.90 bits per heavy atom. The molecule has 1 atom stereocenters. The normalized spacial score (nSPS) is 16.2. The molecule has 30 heavy (non-hydrogen) atoms. The van der Waals surface area contributed by atoms with E-state index in [1.54, 1.807) is 28.9 Å². The number of fused-ring (bicyclic) bond motifs is 1. The van der Waals surface area contributed by atoms with E-state index in [-0.39, 0.29) is 17.7 Å².